The third kappa shape index (κ3) is 2.62. The van der Waals surface area contributed by atoms with Gasteiger partial charge in [-0.05, 0) is 61.6 Å². The van der Waals surface area contributed by atoms with E-state index in [4.69, 9.17) is 16.9 Å². The molecule has 2 aliphatic carbocycles. The maximum absolute atomic E-state index is 9.08. The minimum atomic E-state index is 0.685. The molecule has 1 N–H and O–H groups in total. The molecule has 3 heteroatoms. The van der Waals surface area contributed by atoms with Gasteiger partial charge in [-0.3, -0.25) is 0 Å². The van der Waals surface area contributed by atoms with Crippen LogP contribution >= 0.6 is 11.6 Å². The molecule has 0 atom stereocenters. The Hall–Kier alpha value is -1.20. The van der Waals surface area contributed by atoms with Crippen molar-refractivity contribution in [3.8, 4) is 6.07 Å². The molecule has 2 aliphatic rings. The van der Waals surface area contributed by atoms with E-state index in [0.29, 0.717) is 10.6 Å². The first-order chi connectivity index (χ1) is 8.78. The Morgan fingerprint density at radius 2 is 1.94 bits per heavy atom. The number of rotatable bonds is 5. The van der Waals surface area contributed by atoms with Gasteiger partial charge in [-0.25, -0.2) is 0 Å². The standard InChI is InChI=1S/C15H17ClN2/c16-13-6-5-12(8-17)15(7-13)18-9-14(10-1-2-10)11-3-4-11/h5-7,10-11,14,18H,1-4,9H2. The van der Waals surface area contributed by atoms with E-state index >= 15 is 0 Å². The zero-order valence-corrected chi connectivity index (χ0v) is 11.1. The highest BCUT2D eigenvalue weighted by molar-refractivity contribution is 6.30. The van der Waals surface area contributed by atoms with Gasteiger partial charge < -0.3 is 5.32 Å². The fourth-order valence-corrected chi connectivity index (χ4v) is 2.93. The second-order valence-corrected chi connectivity index (χ2v) is 5.96. The molecule has 0 saturated heterocycles. The van der Waals surface area contributed by atoms with Crippen molar-refractivity contribution in [2.24, 2.45) is 17.8 Å². The number of nitrogens with zero attached hydrogens (tertiary/aromatic N) is 1. The molecule has 1 aromatic rings. The maximum atomic E-state index is 9.08. The van der Waals surface area contributed by atoms with Crippen LogP contribution in [0.15, 0.2) is 18.2 Å². The molecule has 0 spiro atoms. The maximum Gasteiger partial charge on any atom is 0.101 e. The molecule has 0 amide bonds. The molecule has 0 heterocycles. The average molecular weight is 261 g/mol. The minimum Gasteiger partial charge on any atom is -0.384 e. The van der Waals surface area contributed by atoms with Crippen molar-refractivity contribution in [2.75, 3.05) is 11.9 Å². The van der Waals surface area contributed by atoms with Gasteiger partial charge in [0.15, 0.2) is 0 Å². The Kier molecular flexibility index (Phi) is 3.18. The molecule has 0 aliphatic heterocycles. The molecule has 18 heavy (non-hydrogen) atoms. The largest absolute Gasteiger partial charge is 0.384 e. The molecule has 94 valence electrons. The lowest BCUT2D eigenvalue weighted by Gasteiger charge is -2.17. The van der Waals surface area contributed by atoms with E-state index < -0.39 is 0 Å². The second-order valence-electron chi connectivity index (χ2n) is 5.52. The highest BCUT2D eigenvalue weighted by atomic mass is 35.5. The fourth-order valence-electron chi connectivity index (χ4n) is 2.76. The summed E-state index contributed by atoms with van der Waals surface area (Å²) < 4.78 is 0. The first kappa shape index (κ1) is 11.9. The van der Waals surface area contributed by atoms with Crippen molar-refractivity contribution in [1.82, 2.24) is 0 Å². The van der Waals surface area contributed by atoms with Crippen molar-refractivity contribution in [1.29, 1.82) is 5.26 Å². The zero-order chi connectivity index (χ0) is 12.5. The number of nitrogens with one attached hydrogen (secondary N) is 1. The van der Waals surface area contributed by atoms with E-state index in [1.807, 2.05) is 6.07 Å². The SMILES string of the molecule is N#Cc1ccc(Cl)cc1NCC(C1CC1)C1CC1. The third-order valence-electron chi connectivity index (χ3n) is 4.09. The highest BCUT2D eigenvalue weighted by Crippen LogP contribution is 2.49. The van der Waals surface area contributed by atoms with Crippen molar-refractivity contribution < 1.29 is 0 Å². The molecule has 2 saturated carbocycles. The van der Waals surface area contributed by atoms with E-state index in [1.165, 1.54) is 25.7 Å². The molecular weight excluding hydrogens is 244 g/mol. The van der Waals surface area contributed by atoms with Crippen LogP contribution in [0.4, 0.5) is 5.69 Å². The van der Waals surface area contributed by atoms with Crippen LogP contribution < -0.4 is 5.32 Å². The quantitative estimate of drug-likeness (QED) is 0.867. The monoisotopic (exact) mass is 260 g/mol. The molecule has 1 aromatic carbocycles. The smallest absolute Gasteiger partial charge is 0.101 e. The van der Waals surface area contributed by atoms with Crippen LogP contribution in [0.3, 0.4) is 0 Å². The highest BCUT2D eigenvalue weighted by Gasteiger charge is 2.41. The Morgan fingerprint density at radius 1 is 1.28 bits per heavy atom. The Morgan fingerprint density at radius 3 is 2.50 bits per heavy atom. The van der Waals surface area contributed by atoms with E-state index in [2.05, 4.69) is 11.4 Å². The lowest BCUT2D eigenvalue weighted by molar-refractivity contribution is 0.428. The molecule has 2 fully saturated rings. The Labute approximate surface area is 113 Å². The lowest BCUT2D eigenvalue weighted by Crippen LogP contribution is -2.18. The number of nitriles is 1. The van der Waals surface area contributed by atoms with Crippen LogP contribution in [0.1, 0.15) is 31.2 Å². The average Bonchev–Trinajstić information content (AvgIpc) is 3.24. The summed E-state index contributed by atoms with van der Waals surface area (Å²) >= 11 is 5.99. The van der Waals surface area contributed by atoms with Crippen molar-refractivity contribution >= 4 is 17.3 Å². The molecule has 0 bridgehead atoms. The lowest BCUT2D eigenvalue weighted by atomic mass is 9.97. The first-order valence-corrected chi connectivity index (χ1v) is 7.09. The summed E-state index contributed by atoms with van der Waals surface area (Å²) in [5.74, 6) is 2.65. The summed E-state index contributed by atoms with van der Waals surface area (Å²) in [6, 6.07) is 7.63. The first-order valence-electron chi connectivity index (χ1n) is 6.71. The zero-order valence-electron chi connectivity index (χ0n) is 10.3. The predicted molar refractivity (Wildman–Crippen MR) is 73.6 cm³/mol. The van der Waals surface area contributed by atoms with Gasteiger partial charge in [0, 0.05) is 11.6 Å². The van der Waals surface area contributed by atoms with Gasteiger partial charge in [-0.15, -0.1) is 0 Å². The van der Waals surface area contributed by atoms with Gasteiger partial charge in [-0.2, -0.15) is 5.26 Å². The number of anilines is 1. The Balaban J connectivity index is 1.68. The molecule has 2 nitrogen and oxygen atoms in total. The van der Waals surface area contributed by atoms with Crippen molar-refractivity contribution in [3.05, 3.63) is 28.8 Å². The van der Waals surface area contributed by atoms with E-state index in [-0.39, 0.29) is 0 Å². The van der Waals surface area contributed by atoms with E-state index in [9.17, 15) is 0 Å². The molecule has 3 rings (SSSR count). The van der Waals surface area contributed by atoms with Gasteiger partial charge in [0.2, 0.25) is 0 Å². The molecule has 0 radical (unpaired) electrons. The summed E-state index contributed by atoms with van der Waals surface area (Å²) in [5, 5.41) is 13.2. The van der Waals surface area contributed by atoms with E-state index in [0.717, 1.165) is 30.0 Å². The normalized spacial score (nSPS) is 18.7. The Bertz CT molecular complexity index is 472. The summed E-state index contributed by atoms with van der Waals surface area (Å²) in [6.45, 7) is 0.990. The van der Waals surface area contributed by atoms with E-state index in [1.54, 1.807) is 12.1 Å². The second kappa shape index (κ2) is 4.82. The van der Waals surface area contributed by atoms with Crippen LogP contribution in [-0.2, 0) is 0 Å². The van der Waals surface area contributed by atoms with Crippen LogP contribution in [0.2, 0.25) is 5.02 Å². The molecule has 0 aromatic heterocycles. The van der Waals surface area contributed by atoms with Crippen molar-refractivity contribution in [3.63, 3.8) is 0 Å². The van der Waals surface area contributed by atoms with Crippen molar-refractivity contribution in [2.45, 2.75) is 25.7 Å². The van der Waals surface area contributed by atoms with Gasteiger partial charge in [0.25, 0.3) is 0 Å². The van der Waals surface area contributed by atoms with Crippen LogP contribution in [0.5, 0.6) is 0 Å². The number of hydrogen-bond acceptors (Lipinski definition) is 2. The fraction of sp³-hybridized carbons (Fsp3) is 0.533. The van der Waals surface area contributed by atoms with Gasteiger partial charge in [-0.1, -0.05) is 11.6 Å². The summed E-state index contributed by atoms with van der Waals surface area (Å²) in [6.07, 6.45) is 5.57. The van der Waals surface area contributed by atoms with Crippen LogP contribution in [0, 0.1) is 29.1 Å². The minimum absolute atomic E-state index is 0.685. The van der Waals surface area contributed by atoms with Gasteiger partial charge >= 0.3 is 0 Å². The van der Waals surface area contributed by atoms with Gasteiger partial charge in [0.1, 0.15) is 6.07 Å². The van der Waals surface area contributed by atoms with Crippen LogP contribution in [0.25, 0.3) is 0 Å². The number of hydrogen-bond donors (Lipinski definition) is 1. The third-order valence-corrected chi connectivity index (χ3v) is 4.32. The summed E-state index contributed by atoms with van der Waals surface area (Å²) in [7, 11) is 0. The van der Waals surface area contributed by atoms with Crippen LogP contribution in [-0.4, -0.2) is 6.54 Å². The van der Waals surface area contributed by atoms with Gasteiger partial charge in [0.05, 0.1) is 11.3 Å². The number of halogens is 1. The predicted octanol–water partition coefficient (Wildman–Crippen LogP) is 4.06. The summed E-state index contributed by atoms with van der Waals surface area (Å²) in [4.78, 5) is 0. The topological polar surface area (TPSA) is 35.8 Å². The summed E-state index contributed by atoms with van der Waals surface area (Å²) in [5.41, 5.74) is 1.57. The number of benzene rings is 1. The molecule has 0 unspecified atom stereocenters. The molecular formula is C15H17ClN2.